The van der Waals surface area contributed by atoms with E-state index in [-0.39, 0.29) is 0 Å². The maximum atomic E-state index is 5.61. The lowest BCUT2D eigenvalue weighted by Gasteiger charge is -2.09. The summed E-state index contributed by atoms with van der Waals surface area (Å²) >= 11 is 1.61. The van der Waals surface area contributed by atoms with E-state index in [0.717, 1.165) is 50.5 Å². The molecule has 3 aromatic heterocycles. The summed E-state index contributed by atoms with van der Waals surface area (Å²) in [5, 5.41) is 7.17. The van der Waals surface area contributed by atoms with Gasteiger partial charge < -0.3 is 14.0 Å². The van der Waals surface area contributed by atoms with Gasteiger partial charge in [-0.3, -0.25) is 4.57 Å². The third-order valence-corrected chi connectivity index (χ3v) is 5.66. The van der Waals surface area contributed by atoms with Crippen molar-refractivity contribution in [3.63, 3.8) is 0 Å². The molecule has 0 bridgehead atoms. The Balaban J connectivity index is 1.70. The number of aryl methyl sites for hydroxylation is 2. The molecule has 0 atom stereocenters. The number of benzene rings is 1. The van der Waals surface area contributed by atoms with Crippen LogP contribution in [0.1, 0.15) is 24.1 Å². The predicted molar refractivity (Wildman–Crippen MR) is 114 cm³/mol. The van der Waals surface area contributed by atoms with Crippen molar-refractivity contribution in [3.8, 4) is 39.1 Å². The fraction of sp³-hybridized carbons (Fsp3) is 0.273. The monoisotopic (exact) mass is 409 g/mol. The molecule has 150 valence electrons. The molecule has 0 aliphatic rings. The van der Waals surface area contributed by atoms with E-state index in [0.29, 0.717) is 12.4 Å². The molecule has 0 aliphatic heterocycles. The molecule has 6 nitrogen and oxygen atoms in total. The highest BCUT2D eigenvalue weighted by molar-refractivity contribution is 7.13. The Kier molecular flexibility index (Phi) is 5.15. The van der Waals surface area contributed by atoms with Crippen LogP contribution in [0.15, 0.2) is 40.2 Å². The Morgan fingerprint density at radius 1 is 1.10 bits per heavy atom. The molecule has 3 heterocycles. The Labute approximate surface area is 173 Å². The molecule has 1 aromatic carbocycles. The van der Waals surface area contributed by atoms with Crippen molar-refractivity contribution in [2.75, 3.05) is 13.7 Å². The van der Waals surface area contributed by atoms with Gasteiger partial charge in [0.15, 0.2) is 17.3 Å². The standard InChI is InChI=1S/C22H23N3O3S/c1-6-27-19-8-7-16(11-20(19)26-5)22-23-18(12-29-22)17-9-13(2)25(15(17)4)21-10-14(3)28-24-21/h7-12H,6H2,1-5H3. The minimum absolute atomic E-state index is 0.595. The lowest BCUT2D eigenvalue weighted by atomic mass is 10.2. The van der Waals surface area contributed by atoms with Gasteiger partial charge in [-0.15, -0.1) is 11.3 Å². The Hall–Kier alpha value is -3.06. The molecule has 4 rings (SSSR count). The summed E-state index contributed by atoms with van der Waals surface area (Å²) in [6.45, 7) is 8.58. The molecule has 0 aliphatic carbocycles. The Morgan fingerprint density at radius 2 is 1.93 bits per heavy atom. The van der Waals surface area contributed by atoms with Gasteiger partial charge >= 0.3 is 0 Å². The number of methoxy groups -OCH3 is 1. The van der Waals surface area contributed by atoms with Gasteiger partial charge in [-0.25, -0.2) is 4.98 Å². The van der Waals surface area contributed by atoms with Gasteiger partial charge in [0.05, 0.1) is 19.4 Å². The zero-order valence-corrected chi connectivity index (χ0v) is 18.0. The fourth-order valence-corrected chi connectivity index (χ4v) is 4.26. The lowest BCUT2D eigenvalue weighted by Crippen LogP contribution is -1.99. The minimum Gasteiger partial charge on any atom is -0.493 e. The van der Waals surface area contributed by atoms with Crippen molar-refractivity contribution in [2.24, 2.45) is 0 Å². The second-order valence-corrected chi connectivity index (χ2v) is 7.61. The quantitative estimate of drug-likeness (QED) is 0.415. The third-order valence-electron chi connectivity index (χ3n) is 4.77. The summed E-state index contributed by atoms with van der Waals surface area (Å²) in [7, 11) is 1.65. The molecule has 0 spiro atoms. The molecule has 0 saturated carbocycles. The van der Waals surface area contributed by atoms with Crippen LogP contribution in [0.4, 0.5) is 0 Å². The number of ether oxygens (including phenoxy) is 2. The highest BCUT2D eigenvalue weighted by Gasteiger charge is 2.17. The molecule has 7 heteroatoms. The summed E-state index contributed by atoms with van der Waals surface area (Å²) in [4.78, 5) is 4.88. The number of hydrogen-bond acceptors (Lipinski definition) is 6. The number of rotatable bonds is 6. The van der Waals surface area contributed by atoms with Crippen LogP contribution in [-0.2, 0) is 0 Å². The van der Waals surface area contributed by atoms with Crippen LogP contribution >= 0.6 is 11.3 Å². The molecule has 0 amide bonds. The summed E-state index contributed by atoms with van der Waals surface area (Å²) in [5.74, 6) is 3.02. The maximum Gasteiger partial charge on any atom is 0.180 e. The van der Waals surface area contributed by atoms with E-state index in [9.17, 15) is 0 Å². The van der Waals surface area contributed by atoms with Crippen molar-refractivity contribution in [1.82, 2.24) is 14.7 Å². The predicted octanol–water partition coefficient (Wildman–Crippen LogP) is 5.59. The maximum absolute atomic E-state index is 5.61. The Morgan fingerprint density at radius 3 is 2.62 bits per heavy atom. The van der Waals surface area contributed by atoms with Gasteiger partial charge in [-0.2, -0.15) is 0 Å². The van der Waals surface area contributed by atoms with Crippen molar-refractivity contribution >= 4 is 11.3 Å². The van der Waals surface area contributed by atoms with E-state index in [1.165, 1.54) is 0 Å². The SMILES string of the molecule is CCOc1ccc(-c2nc(-c3cc(C)n(-c4cc(C)on4)c3C)cs2)cc1OC. The summed E-state index contributed by atoms with van der Waals surface area (Å²) in [6, 6.07) is 9.98. The zero-order chi connectivity index (χ0) is 20.5. The van der Waals surface area contributed by atoms with Crippen molar-refractivity contribution in [2.45, 2.75) is 27.7 Å². The number of hydrogen-bond donors (Lipinski definition) is 0. The van der Waals surface area contributed by atoms with Gasteiger partial charge in [0.2, 0.25) is 0 Å². The smallest absolute Gasteiger partial charge is 0.180 e. The molecule has 0 saturated heterocycles. The second kappa shape index (κ2) is 7.75. The summed E-state index contributed by atoms with van der Waals surface area (Å²) in [5.41, 5.74) is 5.20. The molecular formula is C22H23N3O3S. The molecule has 0 N–H and O–H groups in total. The first-order valence-electron chi connectivity index (χ1n) is 9.41. The van der Waals surface area contributed by atoms with Crippen LogP contribution in [-0.4, -0.2) is 28.4 Å². The van der Waals surface area contributed by atoms with Gasteiger partial charge in [0.25, 0.3) is 0 Å². The Bertz CT molecular complexity index is 1160. The topological polar surface area (TPSA) is 62.3 Å². The number of thiazole rings is 1. The van der Waals surface area contributed by atoms with E-state index in [4.69, 9.17) is 19.0 Å². The van der Waals surface area contributed by atoms with E-state index in [1.54, 1.807) is 18.4 Å². The fourth-order valence-electron chi connectivity index (χ4n) is 3.44. The molecule has 0 radical (unpaired) electrons. The average molecular weight is 410 g/mol. The van der Waals surface area contributed by atoms with Crippen LogP contribution in [0.5, 0.6) is 11.5 Å². The van der Waals surface area contributed by atoms with Gasteiger partial charge in [-0.1, -0.05) is 5.16 Å². The van der Waals surface area contributed by atoms with Crippen LogP contribution < -0.4 is 9.47 Å². The highest BCUT2D eigenvalue weighted by Crippen LogP contribution is 2.36. The lowest BCUT2D eigenvalue weighted by molar-refractivity contribution is 0.311. The molecule has 0 fully saturated rings. The first-order chi connectivity index (χ1) is 14.0. The third kappa shape index (κ3) is 3.53. The van der Waals surface area contributed by atoms with Crippen LogP contribution in [0, 0.1) is 20.8 Å². The normalized spacial score (nSPS) is 11.1. The van der Waals surface area contributed by atoms with E-state index >= 15 is 0 Å². The summed E-state index contributed by atoms with van der Waals surface area (Å²) < 4.78 is 18.4. The van der Waals surface area contributed by atoms with E-state index in [1.807, 2.05) is 38.1 Å². The largest absolute Gasteiger partial charge is 0.493 e. The molecule has 0 unspecified atom stereocenters. The zero-order valence-electron chi connectivity index (χ0n) is 17.1. The number of aromatic nitrogens is 3. The minimum atomic E-state index is 0.595. The molecular weight excluding hydrogens is 386 g/mol. The molecule has 29 heavy (non-hydrogen) atoms. The second-order valence-electron chi connectivity index (χ2n) is 6.75. The van der Waals surface area contributed by atoms with Gasteiger partial charge in [0, 0.05) is 34.0 Å². The van der Waals surface area contributed by atoms with Crippen molar-refractivity contribution < 1.29 is 14.0 Å². The van der Waals surface area contributed by atoms with Crippen LogP contribution in [0.25, 0.3) is 27.6 Å². The van der Waals surface area contributed by atoms with Crippen LogP contribution in [0.3, 0.4) is 0 Å². The average Bonchev–Trinajstić information content (AvgIpc) is 3.42. The van der Waals surface area contributed by atoms with Crippen LogP contribution in [0.2, 0.25) is 0 Å². The van der Waals surface area contributed by atoms with Gasteiger partial charge in [-0.05, 0) is 52.0 Å². The number of nitrogens with zero attached hydrogens (tertiary/aromatic N) is 3. The first-order valence-corrected chi connectivity index (χ1v) is 10.3. The van der Waals surface area contributed by atoms with E-state index in [2.05, 4.69) is 35.0 Å². The summed E-state index contributed by atoms with van der Waals surface area (Å²) in [6.07, 6.45) is 0. The van der Waals surface area contributed by atoms with Crippen molar-refractivity contribution in [1.29, 1.82) is 0 Å². The first kappa shape index (κ1) is 19.3. The van der Waals surface area contributed by atoms with E-state index < -0.39 is 0 Å². The van der Waals surface area contributed by atoms with Crippen molar-refractivity contribution in [3.05, 3.63) is 52.9 Å². The highest BCUT2D eigenvalue weighted by atomic mass is 32.1. The molecule has 4 aromatic rings. The van der Waals surface area contributed by atoms with Gasteiger partial charge in [0.1, 0.15) is 10.8 Å².